The van der Waals surface area contributed by atoms with Crippen molar-refractivity contribution in [3.63, 3.8) is 0 Å². The lowest BCUT2D eigenvalue weighted by Crippen LogP contribution is -2.32. The van der Waals surface area contributed by atoms with E-state index in [2.05, 4.69) is 47.8 Å². The molecule has 2 amide bonds. The van der Waals surface area contributed by atoms with Gasteiger partial charge in [-0.3, -0.25) is 14.5 Å². The van der Waals surface area contributed by atoms with E-state index in [0.29, 0.717) is 15.5 Å². The molecule has 0 bridgehead atoms. The van der Waals surface area contributed by atoms with Crippen molar-refractivity contribution in [3.8, 4) is 0 Å². The zero-order valence-corrected chi connectivity index (χ0v) is 12.0. The van der Waals surface area contributed by atoms with E-state index in [0.717, 1.165) is 18.2 Å². The monoisotopic (exact) mass is 387 g/mol. The predicted molar refractivity (Wildman–Crippen MR) is 64.6 cm³/mol. The topological polar surface area (TPSA) is 37.4 Å². The normalized spacial score (nSPS) is 17.2. The van der Waals surface area contributed by atoms with E-state index in [1.165, 1.54) is 4.90 Å². The Morgan fingerprint density at radius 3 is 1.93 bits per heavy atom. The average molecular weight is 390 g/mol. The summed E-state index contributed by atoms with van der Waals surface area (Å²) in [6, 6.07) is 0. The van der Waals surface area contributed by atoms with E-state index in [4.69, 9.17) is 0 Å². The maximum atomic E-state index is 11.5. The van der Waals surface area contributed by atoms with Gasteiger partial charge in [0.05, 0.1) is 0 Å². The van der Waals surface area contributed by atoms with Gasteiger partial charge in [-0.05, 0) is 44.7 Å². The number of hydrogen-bond donors (Lipinski definition) is 0. The predicted octanol–water partition coefficient (Wildman–Crippen LogP) is 2.53. The van der Waals surface area contributed by atoms with Gasteiger partial charge in [0, 0.05) is 11.9 Å². The number of halogens is 3. The maximum absolute atomic E-state index is 11.5. The van der Waals surface area contributed by atoms with Gasteiger partial charge < -0.3 is 0 Å². The van der Waals surface area contributed by atoms with Crippen molar-refractivity contribution in [2.45, 2.75) is 12.8 Å². The van der Waals surface area contributed by atoms with Crippen molar-refractivity contribution in [1.29, 1.82) is 0 Å². The quantitative estimate of drug-likeness (QED) is 0.421. The van der Waals surface area contributed by atoms with Crippen LogP contribution in [0.3, 0.4) is 0 Å². The summed E-state index contributed by atoms with van der Waals surface area (Å²) in [6.45, 7) is 0.480. The molecule has 1 heterocycles. The Morgan fingerprint density at radius 2 is 1.50 bits per heavy atom. The third-order valence-corrected chi connectivity index (χ3v) is 4.39. The van der Waals surface area contributed by atoms with E-state index in [1.54, 1.807) is 0 Å². The fourth-order valence-corrected chi connectivity index (χ4v) is 2.25. The molecule has 0 atom stereocenters. The molecule has 0 aromatic rings. The third-order valence-electron chi connectivity index (χ3n) is 1.82. The molecule has 0 unspecified atom stereocenters. The highest BCUT2D eigenvalue weighted by Gasteiger charge is 2.35. The molecular weight excluding hydrogens is 382 g/mol. The van der Waals surface area contributed by atoms with Crippen LogP contribution in [0.1, 0.15) is 12.8 Å². The molecule has 0 aliphatic carbocycles. The first-order chi connectivity index (χ1) is 6.59. The van der Waals surface area contributed by atoms with Gasteiger partial charge in [-0.2, -0.15) is 0 Å². The van der Waals surface area contributed by atoms with Crippen LogP contribution >= 0.6 is 47.8 Å². The Bertz CT molecular complexity index is 277. The molecule has 0 aromatic carbocycles. The number of carbonyl (C=O) groups is 2. The smallest absolute Gasteiger partial charge is 0.269 e. The second-order valence-corrected chi connectivity index (χ2v) is 5.16. The minimum Gasteiger partial charge on any atom is -0.273 e. The first-order valence-corrected chi connectivity index (χ1v) is 6.77. The van der Waals surface area contributed by atoms with Crippen LogP contribution in [-0.2, 0) is 9.59 Å². The van der Waals surface area contributed by atoms with Crippen molar-refractivity contribution in [3.05, 3.63) is 8.96 Å². The molecule has 0 spiro atoms. The number of amides is 2. The van der Waals surface area contributed by atoms with Gasteiger partial charge in [0.1, 0.15) is 8.96 Å². The highest BCUT2D eigenvalue weighted by atomic mass is 79.9. The van der Waals surface area contributed by atoms with E-state index < -0.39 is 0 Å². The first-order valence-electron chi connectivity index (χ1n) is 4.07. The molecule has 0 aromatic heterocycles. The molecular formula is C8H8Br3NO2. The largest absolute Gasteiger partial charge is 0.273 e. The van der Waals surface area contributed by atoms with Crippen LogP contribution in [0.25, 0.3) is 0 Å². The fraction of sp³-hybridized carbons (Fsp3) is 0.500. The fourth-order valence-electron chi connectivity index (χ4n) is 1.08. The summed E-state index contributed by atoms with van der Waals surface area (Å²) in [7, 11) is 0. The van der Waals surface area contributed by atoms with E-state index in [9.17, 15) is 9.59 Å². The molecule has 0 saturated carbocycles. The van der Waals surface area contributed by atoms with Crippen LogP contribution in [0.2, 0.25) is 0 Å². The van der Waals surface area contributed by atoms with Crippen molar-refractivity contribution >= 4 is 59.6 Å². The third kappa shape index (κ3) is 2.46. The molecule has 1 rings (SSSR count). The minimum absolute atomic E-state index is 0.253. The van der Waals surface area contributed by atoms with Gasteiger partial charge in [-0.25, -0.2) is 0 Å². The molecule has 78 valence electrons. The molecule has 1 aliphatic rings. The summed E-state index contributed by atoms with van der Waals surface area (Å²) >= 11 is 9.44. The average Bonchev–Trinajstić information content (AvgIpc) is 2.35. The molecule has 14 heavy (non-hydrogen) atoms. The minimum atomic E-state index is -0.253. The summed E-state index contributed by atoms with van der Waals surface area (Å²) in [5.41, 5.74) is 0. The maximum Gasteiger partial charge on any atom is 0.269 e. The first kappa shape index (κ1) is 12.4. The molecule has 6 heteroatoms. The van der Waals surface area contributed by atoms with E-state index in [1.807, 2.05) is 0 Å². The van der Waals surface area contributed by atoms with Crippen molar-refractivity contribution in [2.75, 3.05) is 11.9 Å². The lowest BCUT2D eigenvalue weighted by Gasteiger charge is -2.13. The summed E-state index contributed by atoms with van der Waals surface area (Å²) in [5, 5.41) is 0.888. The van der Waals surface area contributed by atoms with Crippen molar-refractivity contribution < 1.29 is 9.59 Å². The number of hydrogen-bond acceptors (Lipinski definition) is 2. The van der Waals surface area contributed by atoms with Crippen LogP contribution in [0, 0.1) is 0 Å². The van der Waals surface area contributed by atoms with Crippen LogP contribution in [0.4, 0.5) is 0 Å². The van der Waals surface area contributed by atoms with Gasteiger partial charge in [0.2, 0.25) is 0 Å². The zero-order valence-electron chi connectivity index (χ0n) is 7.23. The van der Waals surface area contributed by atoms with E-state index in [-0.39, 0.29) is 11.8 Å². The van der Waals surface area contributed by atoms with Crippen molar-refractivity contribution in [1.82, 2.24) is 4.90 Å². The van der Waals surface area contributed by atoms with Crippen LogP contribution in [-0.4, -0.2) is 28.6 Å². The highest BCUT2D eigenvalue weighted by molar-refractivity contribution is 9.14. The van der Waals surface area contributed by atoms with Gasteiger partial charge in [-0.1, -0.05) is 15.9 Å². The second kappa shape index (κ2) is 5.42. The Kier molecular flexibility index (Phi) is 4.79. The Labute approximate surface area is 107 Å². The van der Waals surface area contributed by atoms with Gasteiger partial charge in [0.25, 0.3) is 11.8 Å². The Hall–Kier alpha value is 0.320. The zero-order chi connectivity index (χ0) is 10.7. The molecule has 0 radical (unpaired) electrons. The SMILES string of the molecule is O=C1C(Br)=C(Br)C(=O)N1CCCCBr. The number of carbonyl (C=O) groups excluding carboxylic acids is 2. The standard InChI is InChI=1S/C8H8Br3NO2/c9-3-1-2-4-12-7(13)5(10)6(11)8(12)14/h1-4H2. The lowest BCUT2D eigenvalue weighted by molar-refractivity contribution is -0.137. The number of rotatable bonds is 4. The summed E-state index contributed by atoms with van der Waals surface area (Å²) in [4.78, 5) is 24.2. The number of alkyl halides is 1. The molecule has 0 saturated heterocycles. The van der Waals surface area contributed by atoms with Gasteiger partial charge in [-0.15, -0.1) is 0 Å². The molecule has 1 aliphatic heterocycles. The molecule has 3 nitrogen and oxygen atoms in total. The van der Waals surface area contributed by atoms with Crippen molar-refractivity contribution in [2.24, 2.45) is 0 Å². The highest BCUT2D eigenvalue weighted by Crippen LogP contribution is 2.29. The van der Waals surface area contributed by atoms with Crippen LogP contribution in [0.15, 0.2) is 8.96 Å². The van der Waals surface area contributed by atoms with Gasteiger partial charge >= 0.3 is 0 Å². The number of nitrogens with zero attached hydrogens (tertiary/aromatic N) is 1. The lowest BCUT2D eigenvalue weighted by atomic mass is 10.3. The summed E-state index contributed by atoms with van der Waals surface area (Å²) < 4.78 is 0.641. The molecule has 0 N–H and O–H groups in total. The van der Waals surface area contributed by atoms with Gasteiger partial charge in [0.15, 0.2) is 0 Å². The van der Waals surface area contributed by atoms with E-state index >= 15 is 0 Å². The summed E-state index contributed by atoms with van der Waals surface area (Å²) in [6.07, 6.45) is 1.77. The van der Waals surface area contributed by atoms with Crippen LogP contribution in [0.5, 0.6) is 0 Å². The Morgan fingerprint density at radius 1 is 1.00 bits per heavy atom. The molecule has 0 fully saturated rings. The number of unbranched alkanes of at least 4 members (excludes halogenated alkanes) is 1. The van der Waals surface area contributed by atoms with Crippen LogP contribution < -0.4 is 0 Å². The number of imide groups is 1. The second-order valence-electron chi connectivity index (χ2n) is 2.79. The Balaban J connectivity index is 2.58. The summed E-state index contributed by atoms with van der Waals surface area (Å²) in [5.74, 6) is -0.507.